The van der Waals surface area contributed by atoms with Crippen molar-refractivity contribution >= 4 is 40.4 Å². The van der Waals surface area contributed by atoms with Crippen molar-refractivity contribution in [1.29, 1.82) is 0 Å². The second kappa shape index (κ2) is 8.66. The predicted molar refractivity (Wildman–Crippen MR) is 117 cm³/mol. The van der Waals surface area contributed by atoms with E-state index in [9.17, 15) is 4.79 Å². The number of halogens is 2. The molecule has 1 atom stereocenters. The van der Waals surface area contributed by atoms with Gasteiger partial charge in [0.2, 0.25) is 0 Å². The Morgan fingerprint density at radius 2 is 1.93 bits per heavy atom. The van der Waals surface area contributed by atoms with Gasteiger partial charge in [0, 0.05) is 36.1 Å². The standard InChI is InChI=1S/C22H20Cl2N2OS/c23-19-8-3-15(12-20(19)24)13-26-10-9-18(14-26)25-22(27)17-6-4-16(5-7-17)21-2-1-11-28-21/h1-8,11-12,18H,9-10,13-14H2,(H,25,27)/t18-/m0/s1. The molecular weight excluding hydrogens is 411 g/mol. The van der Waals surface area contributed by atoms with E-state index in [-0.39, 0.29) is 11.9 Å². The number of nitrogens with zero attached hydrogens (tertiary/aromatic N) is 1. The Balaban J connectivity index is 1.32. The zero-order chi connectivity index (χ0) is 19.5. The van der Waals surface area contributed by atoms with Crippen molar-refractivity contribution in [3.63, 3.8) is 0 Å². The first-order chi connectivity index (χ1) is 13.6. The molecule has 2 heterocycles. The second-order valence-corrected chi connectivity index (χ2v) is 8.76. The lowest BCUT2D eigenvalue weighted by Gasteiger charge is -2.17. The molecule has 2 aromatic carbocycles. The van der Waals surface area contributed by atoms with Crippen LogP contribution in [-0.2, 0) is 6.54 Å². The molecule has 0 unspecified atom stereocenters. The number of hydrogen-bond donors (Lipinski definition) is 1. The fraction of sp³-hybridized carbons (Fsp3) is 0.227. The molecule has 1 aliphatic heterocycles. The number of thiophene rings is 1. The van der Waals surface area contributed by atoms with Gasteiger partial charge in [0.25, 0.3) is 5.91 Å². The molecule has 1 saturated heterocycles. The minimum absolute atomic E-state index is 0.0147. The van der Waals surface area contributed by atoms with Crippen LogP contribution >= 0.6 is 34.5 Å². The average Bonchev–Trinajstić information content (AvgIpc) is 3.37. The van der Waals surface area contributed by atoms with E-state index in [0.717, 1.165) is 37.2 Å². The molecule has 144 valence electrons. The van der Waals surface area contributed by atoms with Crippen molar-refractivity contribution < 1.29 is 4.79 Å². The molecular formula is C22H20Cl2N2OS. The Bertz CT molecular complexity index is 957. The summed E-state index contributed by atoms with van der Waals surface area (Å²) in [5.74, 6) is -0.0147. The Labute approximate surface area is 178 Å². The van der Waals surface area contributed by atoms with E-state index in [1.165, 1.54) is 4.88 Å². The summed E-state index contributed by atoms with van der Waals surface area (Å²) in [6.07, 6.45) is 0.945. The molecule has 1 amide bonds. The largest absolute Gasteiger partial charge is 0.348 e. The molecule has 0 radical (unpaired) electrons. The van der Waals surface area contributed by atoms with Gasteiger partial charge in [-0.1, -0.05) is 47.5 Å². The minimum Gasteiger partial charge on any atom is -0.348 e. The highest BCUT2D eigenvalue weighted by Crippen LogP contribution is 2.25. The SMILES string of the molecule is O=C(N[C@H]1CCN(Cc2ccc(Cl)c(Cl)c2)C1)c1ccc(-c2cccs2)cc1. The van der Waals surface area contributed by atoms with Crippen molar-refractivity contribution in [2.75, 3.05) is 13.1 Å². The second-order valence-electron chi connectivity index (χ2n) is 7.00. The zero-order valence-corrected chi connectivity index (χ0v) is 17.5. The summed E-state index contributed by atoms with van der Waals surface area (Å²) in [5.41, 5.74) is 2.97. The molecule has 6 heteroatoms. The number of hydrogen-bond acceptors (Lipinski definition) is 3. The molecule has 4 rings (SSSR count). The van der Waals surface area contributed by atoms with Gasteiger partial charge in [-0.3, -0.25) is 9.69 Å². The lowest BCUT2D eigenvalue weighted by Crippen LogP contribution is -2.36. The molecule has 1 aromatic heterocycles. The average molecular weight is 431 g/mol. The maximum absolute atomic E-state index is 12.6. The number of benzene rings is 2. The van der Waals surface area contributed by atoms with E-state index in [0.29, 0.717) is 15.6 Å². The molecule has 0 spiro atoms. The van der Waals surface area contributed by atoms with E-state index in [1.807, 2.05) is 48.5 Å². The monoisotopic (exact) mass is 430 g/mol. The molecule has 3 aromatic rings. The first kappa shape index (κ1) is 19.5. The van der Waals surface area contributed by atoms with Gasteiger partial charge in [0.1, 0.15) is 0 Å². The molecule has 3 nitrogen and oxygen atoms in total. The highest BCUT2D eigenvalue weighted by Gasteiger charge is 2.24. The highest BCUT2D eigenvalue weighted by atomic mass is 35.5. The quantitative estimate of drug-likeness (QED) is 0.560. The Hall–Kier alpha value is -1.85. The molecule has 0 bridgehead atoms. The van der Waals surface area contributed by atoms with E-state index < -0.39 is 0 Å². The Morgan fingerprint density at radius 1 is 1.11 bits per heavy atom. The Morgan fingerprint density at radius 3 is 2.64 bits per heavy atom. The van der Waals surface area contributed by atoms with E-state index >= 15 is 0 Å². The lowest BCUT2D eigenvalue weighted by molar-refractivity contribution is 0.0937. The molecule has 1 N–H and O–H groups in total. The van der Waals surface area contributed by atoms with E-state index in [2.05, 4.69) is 21.7 Å². The number of carbonyl (C=O) groups excluding carboxylic acids is 1. The van der Waals surface area contributed by atoms with Gasteiger partial charge in [-0.15, -0.1) is 11.3 Å². The van der Waals surface area contributed by atoms with Crippen molar-refractivity contribution in [3.8, 4) is 10.4 Å². The fourth-order valence-corrected chi connectivity index (χ4v) is 4.54. The van der Waals surface area contributed by atoms with Crippen LogP contribution in [0.4, 0.5) is 0 Å². The van der Waals surface area contributed by atoms with Gasteiger partial charge in [-0.25, -0.2) is 0 Å². The van der Waals surface area contributed by atoms with Crippen LogP contribution in [0.2, 0.25) is 10.0 Å². The smallest absolute Gasteiger partial charge is 0.251 e. The number of nitrogens with one attached hydrogen (secondary N) is 1. The van der Waals surface area contributed by atoms with Crippen LogP contribution in [0.25, 0.3) is 10.4 Å². The fourth-order valence-electron chi connectivity index (χ4n) is 3.49. The van der Waals surface area contributed by atoms with E-state index in [4.69, 9.17) is 23.2 Å². The van der Waals surface area contributed by atoms with Crippen molar-refractivity contribution in [1.82, 2.24) is 10.2 Å². The van der Waals surface area contributed by atoms with Crippen LogP contribution < -0.4 is 5.32 Å². The van der Waals surface area contributed by atoms with Crippen molar-refractivity contribution in [2.45, 2.75) is 19.0 Å². The van der Waals surface area contributed by atoms with Crippen LogP contribution in [0.1, 0.15) is 22.3 Å². The van der Waals surface area contributed by atoms with Crippen molar-refractivity contribution in [3.05, 3.63) is 81.1 Å². The number of amides is 1. The van der Waals surface area contributed by atoms with Crippen LogP contribution in [0.5, 0.6) is 0 Å². The minimum atomic E-state index is -0.0147. The summed E-state index contributed by atoms with van der Waals surface area (Å²) in [6.45, 7) is 2.58. The van der Waals surface area contributed by atoms with Gasteiger partial charge < -0.3 is 5.32 Å². The summed E-state index contributed by atoms with van der Waals surface area (Å²) in [6, 6.07) is 17.8. The maximum Gasteiger partial charge on any atom is 0.251 e. The van der Waals surface area contributed by atoms with Crippen LogP contribution in [-0.4, -0.2) is 29.9 Å². The molecule has 1 aliphatic rings. The topological polar surface area (TPSA) is 32.3 Å². The van der Waals surface area contributed by atoms with Crippen LogP contribution in [0, 0.1) is 0 Å². The van der Waals surface area contributed by atoms with E-state index in [1.54, 1.807) is 11.3 Å². The maximum atomic E-state index is 12.6. The summed E-state index contributed by atoms with van der Waals surface area (Å²) in [5, 5.41) is 6.37. The molecule has 28 heavy (non-hydrogen) atoms. The van der Waals surface area contributed by atoms with Gasteiger partial charge >= 0.3 is 0 Å². The highest BCUT2D eigenvalue weighted by molar-refractivity contribution is 7.13. The third-order valence-corrected chi connectivity index (χ3v) is 6.61. The normalized spacial score (nSPS) is 17.0. The van der Waals surface area contributed by atoms with Crippen molar-refractivity contribution in [2.24, 2.45) is 0 Å². The van der Waals surface area contributed by atoms with Gasteiger partial charge in [0.15, 0.2) is 0 Å². The zero-order valence-electron chi connectivity index (χ0n) is 15.2. The summed E-state index contributed by atoms with van der Waals surface area (Å²) >= 11 is 13.8. The third kappa shape index (κ3) is 4.58. The molecule has 0 aliphatic carbocycles. The lowest BCUT2D eigenvalue weighted by atomic mass is 10.1. The molecule has 0 saturated carbocycles. The first-order valence-corrected chi connectivity index (χ1v) is 10.8. The number of carbonyl (C=O) groups is 1. The third-order valence-electron chi connectivity index (χ3n) is 4.95. The molecule has 1 fully saturated rings. The summed E-state index contributed by atoms with van der Waals surface area (Å²) in [4.78, 5) is 16.1. The summed E-state index contributed by atoms with van der Waals surface area (Å²) < 4.78 is 0. The number of likely N-dealkylation sites (tertiary alicyclic amines) is 1. The van der Waals surface area contributed by atoms with Gasteiger partial charge in [0.05, 0.1) is 10.0 Å². The Kier molecular flexibility index (Phi) is 6.02. The first-order valence-electron chi connectivity index (χ1n) is 9.19. The van der Waals surface area contributed by atoms with Gasteiger partial charge in [-0.05, 0) is 53.3 Å². The number of rotatable bonds is 5. The van der Waals surface area contributed by atoms with Crippen LogP contribution in [0.3, 0.4) is 0 Å². The summed E-state index contributed by atoms with van der Waals surface area (Å²) in [7, 11) is 0. The van der Waals surface area contributed by atoms with Gasteiger partial charge in [-0.2, -0.15) is 0 Å². The van der Waals surface area contributed by atoms with Crippen LogP contribution in [0.15, 0.2) is 60.0 Å². The predicted octanol–water partition coefficient (Wildman–Crippen LogP) is 5.73.